The Labute approximate surface area is 120 Å². The molecule has 0 radical (unpaired) electrons. The maximum atomic E-state index is 13.0. The summed E-state index contributed by atoms with van der Waals surface area (Å²) in [6.45, 7) is 2.77. The molecular formula is C14H14F2N4O. The molecule has 0 aliphatic rings. The molecule has 0 aliphatic carbocycles. The van der Waals surface area contributed by atoms with Gasteiger partial charge in [-0.1, -0.05) is 6.92 Å². The summed E-state index contributed by atoms with van der Waals surface area (Å²) >= 11 is 0. The van der Waals surface area contributed by atoms with Crippen molar-refractivity contribution in [3.63, 3.8) is 0 Å². The molecule has 7 heteroatoms. The van der Waals surface area contributed by atoms with E-state index in [2.05, 4.69) is 20.6 Å². The van der Waals surface area contributed by atoms with Crippen molar-refractivity contribution in [1.29, 1.82) is 0 Å². The molecule has 1 aromatic carbocycles. The van der Waals surface area contributed by atoms with Gasteiger partial charge in [-0.05, 0) is 18.6 Å². The van der Waals surface area contributed by atoms with Crippen molar-refractivity contribution in [3.8, 4) is 0 Å². The van der Waals surface area contributed by atoms with Crippen LogP contribution >= 0.6 is 0 Å². The smallest absolute Gasteiger partial charge is 0.275 e. The fourth-order valence-electron chi connectivity index (χ4n) is 1.61. The van der Waals surface area contributed by atoms with Gasteiger partial charge >= 0.3 is 0 Å². The van der Waals surface area contributed by atoms with Gasteiger partial charge in [0, 0.05) is 18.3 Å². The minimum atomic E-state index is -0.768. The molecule has 0 bridgehead atoms. The third-order valence-electron chi connectivity index (χ3n) is 2.56. The Morgan fingerprint density at radius 1 is 1.14 bits per heavy atom. The van der Waals surface area contributed by atoms with Crippen molar-refractivity contribution in [2.75, 3.05) is 17.2 Å². The molecule has 0 fully saturated rings. The van der Waals surface area contributed by atoms with Gasteiger partial charge in [0.05, 0.1) is 12.4 Å². The number of carbonyl (C=O) groups excluding carboxylic acids is 1. The van der Waals surface area contributed by atoms with E-state index in [1.807, 2.05) is 6.92 Å². The minimum Gasteiger partial charge on any atom is -0.369 e. The fraction of sp³-hybridized carbons (Fsp3) is 0.214. The highest BCUT2D eigenvalue weighted by atomic mass is 19.1. The molecule has 110 valence electrons. The van der Waals surface area contributed by atoms with Gasteiger partial charge in [0.1, 0.15) is 23.1 Å². The Hall–Kier alpha value is -2.57. The van der Waals surface area contributed by atoms with Gasteiger partial charge in [0.15, 0.2) is 0 Å². The van der Waals surface area contributed by atoms with Crippen molar-refractivity contribution in [3.05, 3.63) is 47.9 Å². The zero-order chi connectivity index (χ0) is 15.2. The molecule has 1 amide bonds. The van der Waals surface area contributed by atoms with Crippen LogP contribution < -0.4 is 10.6 Å². The van der Waals surface area contributed by atoms with Gasteiger partial charge < -0.3 is 10.6 Å². The number of benzene rings is 1. The number of anilines is 2. The molecule has 0 aliphatic heterocycles. The highest BCUT2D eigenvalue weighted by molar-refractivity contribution is 6.02. The number of hydrogen-bond donors (Lipinski definition) is 2. The van der Waals surface area contributed by atoms with E-state index in [-0.39, 0.29) is 11.4 Å². The van der Waals surface area contributed by atoms with E-state index >= 15 is 0 Å². The summed E-state index contributed by atoms with van der Waals surface area (Å²) in [5, 5.41) is 5.38. The molecule has 1 aromatic heterocycles. The van der Waals surface area contributed by atoms with Crippen molar-refractivity contribution < 1.29 is 13.6 Å². The van der Waals surface area contributed by atoms with Crippen LogP contribution in [-0.2, 0) is 0 Å². The maximum absolute atomic E-state index is 13.0. The molecule has 2 N–H and O–H groups in total. The molecule has 0 spiro atoms. The minimum absolute atomic E-state index is 0.0208. The largest absolute Gasteiger partial charge is 0.369 e. The van der Waals surface area contributed by atoms with Crippen LogP contribution in [0.3, 0.4) is 0 Å². The van der Waals surface area contributed by atoms with E-state index in [9.17, 15) is 13.6 Å². The van der Waals surface area contributed by atoms with Gasteiger partial charge in [0.2, 0.25) is 0 Å². The number of aromatic nitrogens is 2. The molecule has 0 unspecified atom stereocenters. The molecule has 0 saturated carbocycles. The van der Waals surface area contributed by atoms with E-state index in [1.54, 1.807) is 0 Å². The first-order valence-corrected chi connectivity index (χ1v) is 6.42. The third kappa shape index (κ3) is 4.20. The predicted molar refractivity (Wildman–Crippen MR) is 75.1 cm³/mol. The lowest BCUT2D eigenvalue weighted by Gasteiger charge is -2.06. The number of halogens is 2. The topological polar surface area (TPSA) is 66.9 Å². The summed E-state index contributed by atoms with van der Waals surface area (Å²) in [5.41, 5.74) is 0.0780. The average Bonchev–Trinajstić information content (AvgIpc) is 2.44. The fourth-order valence-corrected chi connectivity index (χ4v) is 1.61. The van der Waals surface area contributed by atoms with Crippen molar-refractivity contribution in [2.24, 2.45) is 0 Å². The van der Waals surface area contributed by atoms with Crippen LogP contribution in [0.1, 0.15) is 23.8 Å². The SMILES string of the molecule is CCCNc1cnc(C(=O)Nc2cc(F)cc(F)c2)cn1. The zero-order valence-corrected chi connectivity index (χ0v) is 11.4. The second-order valence-electron chi connectivity index (χ2n) is 4.33. The highest BCUT2D eigenvalue weighted by Gasteiger charge is 2.10. The first kappa shape index (κ1) is 14.8. The van der Waals surface area contributed by atoms with Gasteiger partial charge in [-0.15, -0.1) is 0 Å². The average molecular weight is 292 g/mol. The van der Waals surface area contributed by atoms with Crippen LogP contribution in [0, 0.1) is 11.6 Å². The predicted octanol–water partition coefficient (Wildman–Crippen LogP) is 2.83. The Bertz CT molecular complexity index is 611. The molecule has 5 nitrogen and oxygen atoms in total. The summed E-state index contributed by atoms with van der Waals surface area (Å²) in [6.07, 6.45) is 3.66. The monoisotopic (exact) mass is 292 g/mol. The van der Waals surface area contributed by atoms with Gasteiger partial charge in [-0.25, -0.2) is 18.7 Å². The van der Waals surface area contributed by atoms with Crippen LogP contribution in [0.2, 0.25) is 0 Å². The number of amides is 1. The van der Waals surface area contributed by atoms with Crippen LogP contribution in [-0.4, -0.2) is 22.4 Å². The number of nitrogens with one attached hydrogen (secondary N) is 2. The van der Waals surface area contributed by atoms with Crippen LogP contribution in [0.4, 0.5) is 20.3 Å². The van der Waals surface area contributed by atoms with Crippen molar-refractivity contribution >= 4 is 17.4 Å². The molecule has 0 atom stereocenters. The number of hydrogen-bond acceptors (Lipinski definition) is 4. The molecule has 2 aromatic rings. The maximum Gasteiger partial charge on any atom is 0.275 e. The van der Waals surface area contributed by atoms with E-state index in [0.29, 0.717) is 5.82 Å². The standard InChI is InChI=1S/C14H14F2N4O/c1-2-3-17-13-8-18-12(7-19-13)14(21)20-11-5-9(15)4-10(16)6-11/h4-8H,2-3H2,1H3,(H,17,19)(H,20,21). The number of carbonyl (C=O) groups is 1. The Balaban J connectivity index is 2.06. The van der Waals surface area contributed by atoms with Gasteiger partial charge in [0.25, 0.3) is 5.91 Å². The van der Waals surface area contributed by atoms with Crippen molar-refractivity contribution in [1.82, 2.24) is 9.97 Å². The zero-order valence-electron chi connectivity index (χ0n) is 11.4. The van der Waals surface area contributed by atoms with Gasteiger partial charge in [-0.3, -0.25) is 4.79 Å². The second-order valence-corrected chi connectivity index (χ2v) is 4.33. The molecule has 1 heterocycles. The summed E-state index contributed by atoms with van der Waals surface area (Å²) in [7, 11) is 0. The van der Waals surface area contributed by atoms with Gasteiger partial charge in [-0.2, -0.15) is 0 Å². The first-order chi connectivity index (χ1) is 10.1. The highest BCUT2D eigenvalue weighted by Crippen LogP contribution is 2.13. The summed E-state index contributed by atoms with van der Waals surface area (Å²) in [5.74, 6) is -1.56. The molecule has 21 heavy (non-hydrogen) atoms. The van der Waals surface area contributed by atoms with Crippen LogP contribution in [0.15, 0.2) is 30.6 Å². The Kier molecular flexibility index (Phi) is 4.76. The van der Waals surface area contributed by atoms with E-state index in [4.69, 9.17) is 0 Å². The third-order valence-corrected chi connectivity index (χ3v) is 2.56. The van der Waals surface area contributed by atoms with Crippen LogP contribution in [0.25, 0.3) is 0 Å². The normalized spacial score (nSPS) is 10.2. The van der Waals surface area contributed by atoms with Crippen LogP contribution in [0.5, 0.6) is 0 Å². The number of rotatable bonds is 5. The van der Waals surface area contributed by atoms with E-state index < -0.39 is 17.5 Å². The Morgan fingerprint density at radius 2 is 1.86 bits per heavy atom. The lowest BCUT2D eigenvalue weighted by molar-refractivity contribution is 0.102. The quantitative estimate of drug-likeness (QED) is 0.889. The Morgan fingerprint density at radius 3 is 2.43 bits per heavy atom. The second kappa shape index (κ2) is 6.74. The lowest BCUT2D eigenvalue weighted by Crippen LogP contribution is -2.15. The van der Waals surface area contributed by atoms with Crippen molar-refractivity contribution in [2.45, 2.75) is 13.3 Å². The van der Waals surface area contributed by atoms with E-state index in [0.717, 1.165) is 31.2 Å². The summed E-state index contributed by atoms with van der Waals surface area (Å²) < 4.78 is 26.0. The first-order valence-electron chi connectivity index (χ1n) is 6.42. The lowest BCUT2D eigenvalue weighted by atomic mass is 10.3. The molecule has 2 rings (SSSR count). The number of nitrogens with zero attached hydrogens (tertiary/aromatic N) is 2. The summed E-state index contributed by atoms with van der Waals surface area (Å²) in [4.78, 5) is 19.9. The van der Waals surface area contributed by atoms with E-state index in [1.165, 1.54) is 12.4 Å². The molecule has 0 saturated heterocycles. The molecular weight excluding hydrogens is 278 g/mol. The summed E-state index contributed by atoms with van der Waals surface area (Å²) in [6, 6.07) is 2.76.